The first-order valence-corrected chi connectivity index (χ1v) is 8.29. The van der Waals surface area contributed by atoms with Gasteiger partial charge in [0, 0.05) is 24.8 Å². The molecule has 0 atom stereocenters. The number of ether oxygens (including phenoxy) is 1. The number of aromatic nitrogens is 2. The fourth-order valence-corrected chi connectivity index (χ4v) is 3.25. The van der Waals surface area contributed by atoms with Gasteiger partial charge in [-0.1, -0.05) is 36.4 Å². The van der Waals surface area contributed by atoms with Gasteiger partial charge in [0.15, 0.2) is 0 Å². The van der Waals surface area contributed by atoms with Gasteiger partial charge in [0.2, 0.25) is 0 Å². The van der Waals surface area contributed by atoms with E-state index in [4.69, 9.17) is 9.84 Å². The Kier molecular flexibility index (Phi) is 4.05. The van der Waals surface area contributed by atoms with Crippen LogP contribution in [0, 0.1) is 0 Å². The van der Waals surface area contributed by atoms with Crippen LogP contribution in [-0.2, 0) is 19.6 Å². The van der Waals surface area contributed by atoms with E-state index in [1.807, 2.05) is 28.9 Å². The van der Waals surface area contributed by atoms with Gasteiger partial charge >= 0.3 is 0 Å². The predicted octanol–water partition coefficient (Wildman–Crippen LogP) is 3.57. The summed E-state index contributed by atoms with van der Waals surface area (Å²) in [4.78, 5) is 2.42. The summed E-state index contributed by atoms with van der Waals surface area (Å²) < 4.78 is 7.37. The van der Waals surface area contributed by atoms with Gasteiger partial charge in [0.25, 0.3) is 0 Å². The molecular weight excluding hydrogens is 298 g/mol. The maximum Gasteiger partial charge on any atom is 0.119 e. The van der Waals surface area contributed by atoms with Crippen molar-refractivity contribution in [1.29, 1.82) is 0 Å². The molecule has 3 aromatic rings. The lowest BCUT2D eigenvalue weighted by Crippen LogP contribution is -2.32. The fourth-order valence-electron chi connectivity index (χ4n) is 3.25. The van der Waals surface area contributed by atoms with E-state index in [1.54, 1.807) is 7.11 Å². The first-order chi connectivity index (χ1) is 11.8. The summed E-state index contributed by atoms with van der Waals surface area (Å²) in [6, 6.07) is 18.8. The normalized spacial score (nSPS) is 14.4. The van der Waals surface area contributed by atoms with Gasteiger partial charge in [-0.15, -0.1) is 0 Å². The molecule has 0 aliphatic carbocycles. The molecule has 0 saturated heterocycles. The molecule has 0 radical (unpaired) electrons. The molecule has 24 heavy (non-hydrogen) atoms. The molecule has 2 heterocycles. The van der Waals surface area contributed by atoms with Crippen molar-refractivity contribution in [2.75, 3.05) is 13.7 Å². The van der Waals surface area contributed by atoms with Gasteiger partial charge in [-0.2, -0.15) is 5.10 Å². The fraction of sp³-hybridized carbons (Fsp3) is 0.250. The second-order valence-corrected chi connectivity index (χ2v) is 6.19. The highest BCUT2D eigenvalue weighted by Crippen LogP contribution is 2.24. The van der Waals surface area contributed by atoms with Crippen LogP contribution in [0.3, 0.4) is 0 Å². The number of nitrogens with zero attached hydrogens (tertiary/aromatic N) is 3. The number of methoxy groups -OCH3 is 1. The summed E-state index contributed by atoms with van der Waals surface area (Å²) in [5, 5.41) is 4.71. The molecule has 0 unspecified atom stereocenters. The Morgan fingerprint density at radius 2 is 1.92 bits per heavy atom. The molecule has 0 fully saturated rings. The van der Waals surface area contributed by atoms with Crippen molar-refractivity contribution in [3.8, 4) is 17.0 Å². The Balaban J connectivity index is 1.47. The van der Waals surface area contributed by atoms with Crippen LogP contribution in [0.2, 0.25) is 0 Å². The maximum atomic E-state index is 5.35. The van der Waals surface area contributed by atoms with Gasteiger partial charge in [-0.05, 0) is 35.7 Å². The average Bonchev–Trinajstić information content (AvgIpc) is 3.10. The number of hydrogen-bond donors (Lipinski definition) is 0. The largest absolute Gasteiger partial charge is 0.497 e. The molecule has 4 heteroatoms. The molecule has 1 aliphatic heterocycles. The summed E-state index contributed by atoms with van der Waals surface area (Å²) in [6.07, 6.45) is 3.13. The van der Waals surface area contributed by atoms with E-state index < -0.39 is 0 Å². The maximum absolute atomic E-state index is 5.35. The smallest absolute Gasteiger partial charge is 0.119 e. The second kappa shape index (κ2) is 6.49. The summed E-state index contributed by atoms with van der Waals surface area (Å²) in [5.74, 6) is 0.932. The number of fused-ring (bicyclic) bond motifs is 1. The SMILES string of the molecule is COc1ccc2c(c1)CN(Cn1ccc(-c3ccccc3)n1)CC2. The molecule has 1 aromatic heterocycles. The van der Waals surface area contributed by atoms with Crippen molar-refractivity contribution in [2.45, 2.75) is 19.6 Å². The number of benzene rings is 2. The van der Waals surface area contributed by atoms with Gasteiger partial charge in [-0.25, -0.2) is 0 Å². The van der Waals surface area contributed by atoms with Crippen molar-refractivity contribution in [1.82, 2.24) is 14.7 Å². The minimum absolute atomic E-state index is 0.809. The molecule has 0 saturated carbocycles. The zero-order chi connectivity index (χ0) is 16.4. The number of rotatable bonds is 4. The third-order valence-electron chi connectivity index (χ3n) is 4.56. The van der Waals surface area contributed by atoms with Gasteiger partial charge in [-0.3, -0.25) is 9.58 Å². The highest BCUT2D eigenvalue weighted by atomic mass is 16.5. The van der Waals surface area contributed by atoms with Crippen LogP contribution in [0.4, 0.5) is 0 Å². The summed E-state index contributed by atoms with van der Waals surface area (Å²) in [6.45, 7) is 2.80. The van der Waals surface area contributed by atoms with Gasteiger partial charge in [0.05, 0.1) is 19.5 Å². The molecule has 1 aliphatic rings. The highest BCUT2D eigenvalue weighted by molar-refractivity contribution is 5.57. The molecule has 0 N–H and O–H groups in total. The van der Waals surface area contributed by atoms with Gasteiger partial charge < -0.3 is 4.74 Å². The van der Waals surface area contributed by atoms with Crippen LogP contribution in [-0.4, -0.2) is 28.3 Å². The first kappa shape index (κ1) is 15.0. The quantitative estimate of drug-likeness (QED) is 0.736. The van der Waals surface area contributed by atoms with Crippen molar-refractivity contribution < 1.29 is 4.74 Å². The van der Waals surface area contributed by atoms with E-state index in [1.165, 1.54) is 11.1 Å². The zero-order valence-corrected chi connectivity index (χ0v) is 13.9. The van der Waals surface area contributed by atoms with E-state index in [9.17, 15) is 0 Å². The molecule has 2 aromatic carbocycles. The highest BCUT2D eigenvalue weighted by Gasteiger charge is 2.17. The molecule has 0 bridgehead atoms. The van der Waals surface area contributed by atoms with Crippen LogP contribution in [0.25, 0.3) is 11.3 Å². The molecule has 4 rings (SSSR count). The lowest BCUT2D eigenvalue weighted by molar-refractivity contribution is 0.190. The van der Waals surface area contributed by atoms with Crippen molar-refractivity contribution in [2.24, 2.45) is 0 Å². The van der Waals surface area contributed by atoms with Crippen LogP contribution in [0.5, 0.6) is 5.75 Å². The Morgan fingerprint density at radius 1 is 1.04 bits per heavy atom. The first-order valence-electron chi connectivity index (χ1n) is 8.29. The second-order valence-electron chi connectivity index (χ2n) is 6.19. The van der Waals surface area contributed by atoms with Crippen LogP contribution in [0.15, 0.2) is 60.8 Å². The topological polar surface area (TPSA) is 30.3 Å². The Bertz CT molecular complexity index is 826. The summed E-state index contributed by atoms with van der Waals surface area (Å²) >= 11 is 0. The van der Waals surface area contributed by atoms with E-state index >= 15 is 0 Å². The lowest BCUT2D eigenvalue weighted by atomic mass is 10.00. The van der Waals surface area contributed by atoms with E-state index in [-0.39, 0.29) is 0 Å². The van der Waals surface area contributed by atoms with Crippen molar-refractivity contribution in [3.05, 3.63) is 71.9 Å². The Hall–Kier alpha value is -2.59. The third kappa shape index (κ3) is 3.05. The van der Waals surface area contributed by atoms with E-state index in [0.29, 0.717) is 0 Å². The monoisotopic (exact) mass is 319 g/mol. The predicted molar refractivity (Wildman–Crippen MR) is 94.8 cm³/mol. The minimum atomic E-state index is 0.809. The molecule has 0 amide bonds. The van der Waals surface area contributed by atoms with E-state index in [2.05, 4.69) is 41.4 Å². The van der Waals surface area contributed by atoms with Crippen molar-refractivity contribution in [3.63, 3.8) is 0 Å². The lowest BCUT2D eigenvalue weighted by Gasteiger charge is -2.28. The minimum Gasteiger partial charge on any atom is -0.497 e. The average molecular weight is 319 g/mol. The summed E-state index contributed by atoms with van der Waals surface area (Å²) in [5.41, 5.74) is 4.97. The van der Waals surface area contributed by atoms with Crippen LogP contribution >= 0.6 is 0 Å². The number of hydrogen-bond acceptors (Lipinski definition) is 3. The van der Waals surface area contributed by atoms with Crippen molar-refractivity contribution >= 4 is 0 Å². The molecule has 122 valence electrons. The third-order valence-corrected chi connectivity index (χ3v) is 4.56. The standard InChI is InChI=1S/C20H21N3O/c1-24-19-8-7-16-9-11-22(14-18(16)13-19)15-23-12-10-20(21-23)17-5-3-2-4-6-17/h2-8,10,12-13H,9,11,14-15H2,1H3. The van der Waals surface area contributed by atoms with E-state index in [0.717, 1.165) is 43.2 Å². The summed E-state index contributed by atoms with van der Waals surface area (Å²) in [7, 11) is 1.72. The Morgan fingerprint density at radius 3 is 2.75 bits per heavy atom. The molecule has 4 nitrogen and oxygen atoms in total. The van der Waals surface area contributed by atoms with Crippen LogP contribution in [0.1, 0.15) is 11.1 Å². The molecule has 0 spiro atoms. The zero-order valence-electron chi connectivity index (χ0n) is 13.9. The molecular formula is C20H21N3O. The van der Waals surface area contributed by atoms with Gasteiger partial charge in [0.1, 0.15) is 5.75 Å². The Labute approximate surface area is 142 Å². The van der Waals surface area contributed by atoms with Crippen LogP contribution < -0.4 is 4.74 Å².